The van der Waals surface area contributed by atoms with E-state index in [0.29, 0.717) is 24.8 Å². The molecule has 0 spiro atoms. The fraction of sp³-hybridized carbons (Fsp3) is 0.571. The fourth-order valence-electron chi connectivity index (χ4n) is 2.62. The van der Waals surface area contributed by atoms with E-state index in [1.54, 1.807) is 11.9 Å². The summed E-state index contributed by atoms with van der Waals surface area (Å²) in [5.41, 5.74) is -0.133. The van der Waals surface area contributed by atoms with Gasteiger partial charge in [-0.15, -0.1) is 0 Å². The van der Waals surface area contributed by atoms with Crippen LogP contribution in [0.5, 0.6) is 0 Å². The molecule has 0 atom stereocenters. The van der Waals surface area contributed by atoms with Crippen LogP contribution in [-0.4, -0.2) is 40.9 Å². The van der Waals surface area contributed by atoms with Crippen molar-refractivity contribution in [2.45, 2.75) is 26.2 Å². The summed E-state index contributed by atoms with van der Waals surface area (Å²) in [5, 5.41) is 13.9. The van der Waals surface area contributed by atoms with E-state index in [0.717, 1.165) is 25.5 Å². The maximum absolute atomic E-state index is 12.6. The number of amides is 1. The minimum atomic E-state index is -0.557. The number of rotatable bonds is 4. The van der Waals surface area contributed by atoms with Gasteiger partial charge in [0.1, 0.15) is 17.6 Å². The van der Waals surface area contributed by atoms with Gasteiger partial charge in [-0.1, -0.05) is 13.3 Å². The summed E-state index contributed by atoms with van der Waals surface area (Å²) in [6.45, 7) is 3.46. The monoisotopic (exact) mass is 292 g/mol. The van der Waals surface area contributed by atoms with Crippen molar-refractivity contribution in [3.63, 3.8) is 0 Å². The number of pyridine rings is 1. The van der Waals surface area contributed by atoms with Crippen LogP contribution in [0.25, 0.3) is 0 Å². The maximum atomic E-state index is 12.6. The second kappa shape index (κ2) is 6.51. The third kappa shape index (κ3) is 3.29. The molecule has 1 amide bonds. The van der Waals surface area contributed by atoms with Crippen LogP contribution in [0.15, 0.2) is 12.3 Å². The number of anilines is 1. The molecular formula is C14H20N4O3. The molecule has 21 heavy (non-hydrogen) atoms. The van der Waals surface area contributed by atoms with E-state index in [2.05, 4.69) is 17.2 Å². The predicted octanol–water partition coefficient (Wildman–Crippen LogP) is 2.29. The zero-order valence-corrected chi connectivity index (χ0v) is 12.3. The van der Waals surface area contributed by atoms with E-state index < -0.39 is 4.92 Å². The Bertz CT molecular complexity index is 539. The molecule has 1 saturated heterocycles. The van der Waals surface area contributed by atoms with Crippen molar-refractivity contribution in [2.75, 3.05) is 25.5 Å². The molecule has 0 saturated carbocycles. The third-order valence-electron chi connectivity index (χ3n) is 4.05. The predicted molar refractivity (Wildman–Crippen MR) is 79.4 cm³/mol. The van der Waals surface area contributed by atoms with E-state index in [1.165, 1.54) is 6.07 Å². The van der Waals surface area contributed by atoms with Crippen LogP contribution in [0.1, 0.15) is 36.5 Å². The highest BCUT2D eigenvalue weighted by Crippen LogP contribution is 2.25. The SMILES string of the molecule is CCC1CCN(C(=O)c2cc(NC)ncc2[N+](=O)[O-])CC1. The normalized spacial score (nSPS) is 15.8. The minimum Gasteiger partial charge on any atom is -0.373 e. The number of nitro groups is 1. The Morgan fingerprint density at radius 3 is 2.71 bits per heavy atom. The van der Waals surface area contributed by atoms with Crippen LogP contribution >= 0.6 is 0 Å². The first-order valence-electron chi connectivity index (χ1n) is 7.18. The molecule has 7 heteroatoms. The number of piperidine rings is 1. The van der Waals surface area contributed by atoms with Crippen molar-refractivity contribution >= 4 is 17.4 Å². The van der Waals surface area contributed by atoms with E-state index in [-0.39, 0.29) is 17.2 Å². The summed E-state index contributed by atoms with van der Waals surface area (Å²) in [6, 6.07) is 1.45. The van der Waals surface area contributed by atoms with Gasteiger partial charge in [0.05, 0.1) is 4.92 Å². The summed E-state index contributed by atoms with van der Waals surface area (Å²) >= 11 is 0. The summed E-state index contributed by atoms with van der Waals surface area (Å²) in [7, 11) is 1.66. The number of aromatic nitrogens is 1. The van der Waals surface area contributed by atoms with Gasteiger partial charge in [0, 0.05) is 26.2 Å². The van der Waals surface area contributed by atoms with Crippen molar-refractivity contribution in [1.29, 1.82) is 0 Å². The third-order valence-corrected chi connectivity index (χ3v) is 4.05. The Hall–Kier alpha value is -2.18. The van der Waals surface area contributed by atoms with Crippen LogP contribution in [-0.2, 0) is 0 Å². The van der Waals surface area contributed by atoms with Gasteiger partial charge in [0.2, 0.25) is 0 Å². The first kappa shape index (κ1) is 15.2. The number of hydrogen-bond donors (Lipinski definition) is 1. The Kier molecular flexibility index (Phi) is 4.72. The zero-order chi connectivity index (χ0) is 15.4. The second-order valence-electron chi connectivity index (χ2n) is 5.24. The highest BCUT2D eigenvalue weighted by atomic mass is 16.6. The van der Waals surface area contributed by atoms with Gasteiger partial charge in [-0.05, 0) is 18.8 Å². The number of carbonyl (C=O) groups excluding carboxylic acids is 1. The van der Waals surface area contributed by atoms with Gasteiger partial charge < -0.3 is 10.2 Å². The lowest BCUT2D eigenvalue weighted by atomic mass is 9.94. The molecule has 1 aromatic rings. The molecule has 0 unspecified atom stereocenters. The van der Waals surface area contributed by atoms with Gasteiger partial charge >= 0.3 is 0 Å². The quantitative estimate of drug-likeness (QED) is 0.679. The molecule has 2 heterocycles. The maximum Gasteiger partial charge on any atom is 0.300 e. The van der Waals surface area contributed by atoms with Crippen LogP contribution in [0, 0.1) is 16.0 Å². The Morgan fingerprint density at radius 1 is 1.52 bits per heavy atom. The molecule has 0 aliphatic carbocycles. The van der Waals surface area contributed by atoms with E-state index >= 15 is 0 Å². The second-order valence-corrected chi connectivity index (χ2v) is 5.24. The van der Waals surface area contributed by atoms with E-state index in [1.807, 2.05) is 0 Å². The van der Waals surface area contributed by atoms with E-state index in [4.69, 9.17) is 0 Å². The van der Waals surface area contributed by atoms with Crippen molar-refractivity contribution in [3.8, 4) is 0 Å². The van der Waals surface area contributed by atoms with Crippen molar-refractivity contribution in [2.24, 2.45) is 5.92 Å². The summed E-state index contributed by atoms with van der Waals surface area (Å²) < 4.78 is 0. The highest BCUT2D eigenvalue weighted by Gasteiger charge is 2.28. The molecular weight excluding hydrogens is 272 g/mol. The number of carbonyl (C=O) groups is 1. The van der Waals surface area contributed by atoms with Gasteiger partial charge in [-0.3, -0.25) is 14.9 Å². The lowest BCUT2D eigenvalue weighted by molar-refractivity contribution is -0.385. The van der Waals surface area contributed by atoms with Crippen molar-refractivity contribution in [1.82, 2.24) is 9.88 Å². The molecule has 0 aromatic carbocycles. The highest BCUT2D eigenvalue weighted by molar-refractivity contribution is 5.98. The molecule has 1 aromatic heterocycles. The fourth-order valence-corrected chi connectivity index (χ4v) is 2.62. The van der Waals surface area contributed by atoms with Crippen LogP contribution in [0.3, 0.4) is 0 Å². The lowest BCUT2D eigenvalue weighted by Crippen LogP contribution is -2.38. The molecule has 1 fully saturated rings. The number of likely N-dealkylation sites (tertiary alicyclic amines) is 1. The average Bonchev–Trinajstić information content (AvgIpc) is 2.53. The van der Waals surface area contributed by atoms with E-state index in [9.17, 15) is 14.9 Å². The molecule has 114 valence electrons. The largest absolute Gasteiger partial charge is 0.373 e. The Labute approximate surface area is 123 Å². The Morgan fingerprint density at radius 2 is 2.19 bits per heavy atom. The van der Waals surface area contributed by atoms with Crippen molar-refractivity contribution < 1.29 is 9.72 Å². The zero-order valence-electron chi connectivity index (χ0n) is 12.3. The standard InChI is InChI=1S/C14H20N4O3/c1-3-10-4-6-17(7-5-10)14(19)11-8-13(15-2)16-9-12(11)18(20)21/h8-10H,3-7H2,1-2H3,(H,15,16). The van der Waals surface area contributed by atoms with Gasteiger partial charge in [-0.2, -0.15) is 0 Å². The first-order valence-corrected chi connectivity index (χ1v) is 7.18. The van der Waals surface area contributed by atoms with Gasteiger partial charge in [0.15, 0.2) is 0 Å². The van der Waals surface area contributed by atoms with Crippen LogP contribution in [0.2, 0.25) is 0 Å². The number of nitrogens with one attached hydrogen (secondary N) is 1. The molecule has 1 N–H and O–H groups in total. The lowest BCUT2D eigenvalue weighted by Gasteiger charge is -2.31. The Balaban J connectivity index is 2.23. The van der Waals surface area contributed by atoms with Crippen LogP contribution in [0.4, 0.5) is 11.5 Å². The molecule has 2 rings (SSSR count). The number of nitrogens with zero attached hydrogens (tertiary/aromatic N) is 3. The summed E-state index contributed by atoms with van der Waals surface area (Å²) in [4.78, 5) is 28.7. The molecule has 0 bridgehead atoms. The topological polar surface area (TPSA) is 88.4 Å². The smallest absolute Gasteiger partial charge is 0.300 e. The summed E-state index contributed by atoms with van der Waals surface area (Å²) in [6.07, 6.45) is 4.17. The first-order chi connectivity index (χ1) is 10.1. The molecule has 1 aliphatic rings. The molecule has 0 radical (unpaired) electrons. The summed E-state index contributed by atoms with van der Waals surface area (Å²) in [5.74, 6) is 0.817. The van der Waals surface area contributed by atoms with Crippen LogP contribution < -0.4 is 5.32 Å². The minimum absolute atomic E-state index is 0.106. The van der Waals surface area contributed by atoms with Gasteiger partial charge in [-0.25, -0.2) is 4.98 Å². The molecule has 7 nitrogen and oxygen atoms in total. The number of hydrogen-bond acceptors (Lipinski definition) is 5. The van der Waals surface area contributed by atoms with Crippen molar-refractivity contribution in [3.05, 3.63) is 27.9 Å². The molecule has 1 aliphatic heterocycles. The average molecular weight is 292 g/mol. The van der Waals surface area contributed by atoms with Gasteiger partial charge in [0.25, 0.3) is 11.6 Å².